The molecule has 1 amide bonds. The van der Waals surface area contributed by atoms with Gasteiger partial charge in [-0.05, 0) is 55.7 Å². The van der Waals surface area contributed by atoms with Crippen molar-refractivity contribution in [3.05, 3.63) is 46.5 Å². The summed E-state index contributed by atoms with van der Waals surface area (Å²) in [5.41, 5.74) is 3.91. The van der Waals surface area contributed by atoms with Crippen molar-refractivity contribution < 1.29 is 23.7 Å². The predicted molar refractivity (Wildman–Crippen MR) is 105 cm³/mol. The number of ether oxygens (including phenoxy) is 4. The molecule has 2 aromatic rings. The molecule has 0 bridgehead atoms. The number of carbonyl (C=O) groups excluding carboxylic acids is 1. The molecule has 0 atom stereocenters. The van der Waals surface area contributed by atoms with Crippen molar-refractivity contribution in [3.63, 3.8) is 0 Å². The molecule has 6 nitrogen and oxygen atoms in total. The number of amides is 1. The third-order valence-corrected chi connectivity index (χ3v) is 4.36. The molecule has 0 aromatic heterocycles. The van der Waals surface area contributed by atoms with Crippen molar-refractivity contribution in [1.29, 1.82) is 0 Å². The number of hydrogen-bond donors (Lipinski definition) is 1. The van der Waals surface area contributed by atoms with Crippen molar-refractivity contribution in [2.45, 2.75) is 20.8 Å². The summed E-state index contributed by atoms with van der Waals surface area (Å²) in [6.45, 7) is 6.88. The summed E-state index contributed by atoms with van der Waals surface area (Å²) in [6.07, 6.45) is 0. The van der Waals surface area contributed by atoms with Crippen molar-refractivity contribution in [1.82, 2.24) is 5.32 Å². The molecule has 0 aliphatic carbocycles. The van der Waals surface area contributed by atoms with Gasteiger partial charge in [-0.25, -0.2) is 0 Å². The van der Waals surface area contributed by atoms with Gasteiger partial charge in [0.15, 0.2) is 11.5 Å². The maximum atomic E-state index is 12.4. The maximum absolute atomic E-state index is 12.4. The molecule has 6 heteroatoms. The molecule has 0 fully saturated rings. The van der Waals surface area contributed by atoms with Gasteiger partial charge in [0.25, 0.3) is 5.91 Å². The van der Waals surface area contributed by atoms with Gasteiger partial charge < -0.3 is 24.3 Å². The second-order valence-electron chi connectivity index (χ2n) is 6.22. The largest absolute Gasteiger partial charge is 0.493 e. The molecule has 0 unspecified atom stereocenters. The number of benzene rings is 2. The summed E-state index contributed by atoms with van der Waals surface area (Å²) in [7, 11) is 4.55. The average molecular weight is 373 g/mol. The van der Waals surface area contributed by atoms with Gasteiger partial charge in [-0.1, -0.05) is 6.07 Å². The highest BCUT2D eigenvalue weighted by Gasteiger charge is 2.16. The Labute approximate surface area is 160 Å². The Balaban J connectivity index is 1.99. The van der Waals surface area contributed by atoms with Gasteiger partial charge in [-0.3, -0.25) is 4.79 Å². The van der Waals surface area contributed by atoms with Crippen LogP contribution in [0.5, 0.6) is 23.0 Å². The van der Waals surface area contributed by atoms with E-state index in [0.717, 1.165) is 11.3 Å². The van der Waals surface area contributed by atoms with E-state index in [2.05, 4.69) is 18.3 Å². The lowest BCUT2D eigenvalue weighted by Gasteiger charge is -2.14. The zero-order valence-electron chi connectivity index (χ0n) is 16.8. The van der Waals surface area contributed by atoms with Gasteiger partial charge in [0.1, 0.15) is 12.4 Å². The minimum Gasteiger partial charge on any atom is -0.493 e. The van der Waals surface area contributed by atoms with Crippen molar-refractivity contribution in [2.24, 2.45) is 0 Å². The summed E-state index contributed by atoms with van der Waals surface area (Å²) in [5.74, 6) is 1.91. The van der Waals surface area contributed by atoms with Crippen LogP contribution in [0.2, 0.25) is 0 Å². The molecule has 0 saturated carbocycles. The van der Waals surface area contributed by atoms with Gasteiger partial charge in [-0.15, -0.1) is 0 Å². The molecular weight excluding hydrogens is 346 g/mol. The normalized spacial score (nSPS) is 10.3. The van der Waals surface area contributed by atoms with Crippen LogP contribution in [-0.4, -0.2) is 40.4 Å². The number of methoxy groups -OCH3 is 3. The fourth-order valence-corrected chi connectivity index (χ4v) is 2.73. The second kappa shape index (κ2) is 9.16. The molecule has 2 rings (SSSR count). The Bertz CT molecular complexity index is 791. The smallest absolute Gasteiger partial charge is 0.251 e. The van der Waals surface area contributed by atoms with E-state index in [1.54, 1.807) is 12.1 Å². The molecule has 2 aromatic carbocycles. The van der Waals surface area contributed by atoms with Crippen LogP contribution in [0.15, 0.2) is 24.3 Å². The van der Waals surface area contributed by atoms with Gasteiger partial charge in [-0.2, -0.15) is 0 Å². The van der Waals surface area contributed by atoms with Gasteiger partial charge >= 0.3 is 0 Å². The third kappa shape index (κ3) is 4.84. The highest BCUT2D eigenvalue weighted by Crippen LogP contribution is 2.38. The molecule has 0 aliphatic heterocycles. The van der Waals surface area contributed by atoms with Crippen LogP contribution in [0.25, 0.3) is 0 Å². The third-order valence-electron chi connectivity index (χ3n) is 4.36. The molecular formula is C21H27NO5. The first kappa shape index (κ1) is 20.4. The van der Waals surface area contributed by atoms with Gasteiger partial charge in [0.05, 0.1) is 27.9 Å². The average Bonchev–Trinajstić information content (AvgIpc) is 2.67. The van der Waals surface area contributed by atoms with Crippen molar-refractivity contribution in [3.8, 4) is 23.0 Å². The van der Waals surface area contributed by atoms with E-state index in [1.165, 1.54) is 32.5 Å². The zero-order chi connectivity index (χ0) is 20.0. The molecule has 0 saturated heterocycles. The molecule has 27 heavy (non-hydrogen) atoms. The number of nitrogens with one attached hydrogen (secondary N) is 1. The first-order chi connectivity index (χ1) is 12.9. The van der Waals surface area contributed by atoms with Gasteiger partial charge in [0.2, 0.25) is 5.75 Å². The lowest BCUT2D eigenvalue weighted by molar-refractivity contribution is 0.0946. The summed E-state index contributed by atoms with van der Waals surface area (Å²) in [4.78, 5) is 12.4. The lowest BCUT2D eigenvalue weighted by atomic mass is 10.1. The van der Waals surface area contributed by atoms with E-state index in [-0.39, 0.29) is 5.91 Å². The summed E-state index contributed by atoms with van der Waals surface area (Å²) < 4.78 is 21.6. The number of carbonyl (C=O) groups is 1. The summed E-state index contributed by atoms with van der Waals surface area (Å²) in [5, 5.41) is 2.84. The molecule has 146 valence electrons. The number of hydrogen-bond acceptors (Lipinski definition) is 5. The van der Waals surface area contributed by atoms with Gasteiger partial charge in [0, 0.05) is 5.56 Å². The molecule has 0 radical (unpaired) electrons. The van der Waals surface area contributed by atoms with E-state index in [9.17, 15) is 4.79 Å². The van der Waals surface area contributed by atoms with Crippen LogP contribution < -0.4 is 24.3 Å². The SMILES string of the molecule is COc1cc(C(=O)NCCOc2cc(C)c(C)cc2C)cc(OC)c1OC. The van der Waals surface area contributed by atoms with E-state index < -0.39 is 0 Å². The predicted octanol–water partition coefficient (Wildman–Crippen LogP) is 3.45. The monoisotopic (exact) mass is 373 g/mol. The quantitative estimate of drug-likeness (QED) is 0.718. The fraction of sp³-hybridized carbons (Fsp3) is 0.381. The zero-order valence-corrected chi connectivity index (χ0v) is 16.8. The van der Waals surface area contributed by atoms with E-state index in [1.807, 2.05) is 19.9 Å². The number of aryl methyl sites for hydroxylation is 3. The molecule has 1 N–H and O–H groups in total. The Morgan fingerprint density at radius 2 is 1.41 bits per heavy atom. The van der Waals surface area contributed by atoms with E-state index in [4.69, 9.17) is 18.9 Å². The Kier molecular flexibility index (Phi) is 6.93. The van der Waals surface area contributed by atoms with Crippen LogP contribution in [0.1, 0.15) is 27.0 Å². The van der Waals surface area contributed by atoms with Crippen molar-refractivity contribution >= 4 is 5.91 Å². The van der Waals surface area contributed by atoms with Crippen LogP contribution in [0, 0.1) is 20.8 Å². The molecule has 0 heterocycles. The first-order valence-corrected chi connectivity index (χ1v) is 8.70. The Hall–Kier alpha value is -2.89. The molecule has 0 aliphatic rings. The minimum atomic E-state index is -0.241. The summed E-state index contributed by atoms with van der Waals surface area (Å²) in [6, 6.07) is 7.35. The molecule has 0 spiro atoms. The maximum Gasteiger partial charge on any atom is 0.251 e. The van der Waals surface area contributed by atoms with Crippen molar-refractivity contribution in [2.75, 3.05) is 34.5 Å². The minimum absolute atomic E-state index is 0.241. The van der Waals surface area contributed by atoms with Crippen LogP contribution in [0.3, 0.4) is 0 Å². The second-order valence-corrected chi connectivity index (χ2v) is 6.22. The first-order valence-electron chi connectivity index (χ1n) is 8.70. The van der Waals surface area contributed by atoms with Crippen LogP contribution in [-0.2, 0) is 0 Å². The summed E-state index contributed by atoms with van der Waals surface area (Å²) >= 11 is 0. The van der Waals surface area contributed by atoms with E-state index in [0.29, 0.717) is 36.0 Å². The highest BCUT2D eigenvalue weighted by atomic mass is 16.5. The van der Waals surface area contributed by atoms with E-state index >= 15 is 0 Å². The fourth-order valence-electron chi connectivity index (χ4n) is 2.73. The lowest BCUT2D eigenvalue weighted by Crippen LogP contribution is -2.28. The Morgan fingerprint density at radius 3 is 1.96 bits per heavy atom. The standard InChI is InChI=1S/C21H27NO5/c1-13-9-15(3)17(10-14(13)2)27-8-7-22-21(23)16-11-18(24-4)20(26-6)19(12-16)25-5/h9-12H,7-8H2,1-6H3,(H,22,23). The highest BCUT2D eigenvalue weighted by molar-refractivity contribution is 5.95. The number of rotatable bonds is 8. The van der Waals surface area contributed by atoms with Crippen LogP contribution in [0.4, 0.5) is 0 Å². The topological polar surface area (TPSA) is 66.0 Å². The Morgan fingerprint density at radius 1 is 0.815 bits per heavy atom. The van der Waals surface area contributed by atoms with Crippen LogP contribution >= 0.6 is 0 Å².